The summed E-state index contributed by atoms with van der Waals surface area (Å²) in [7, 11) is -2.29. The second-order valence-corrected chi connectivity index (χ2v) is 15.9. The maximum Gasteiger partial charge on any atom is 0.326 e. The van der Waals surface area contributed by atoms with E-state index >= 15 is 0 Å². The van der Waals surface area contributed by atoms with Crippen molar-refractivity contribution in [2.45, 2.75) is 63.7 Å². The number of halogens is 1. The number of carbonyl (C=O) groups is 3. The van der Waals surface area contributed by atoms with Crippen molar-refractivity contribution in [2.24, 2.45) is 17.6 Å². The van der Waals surface area contributed by atoms with E-state index in [0.29, 0.717) is 16.9 Å². The van der Waals surface area contributed by atoms with Crippen LogP contribution in [-0.2, 0) is 33.7 Å². The molecule has 0 aliphatic carbocycles. The highest BCUT2D eigenvalue weighted by Gasteiger charge is 2.36. The highest BCUT2D eigenvalue weighted by atomic mass is 32.2. The van der Waals surface area contributed by atoms with E-state index in [0.717, 1.165) is 17.4 Å². The molecule has 0 bridgehead atoms. The first-order valence-electron chi connectivity index (χ1n) is 17.5. The van der Waals surface area contributed by atoms with Crippen molar-refractivity contribution in [3.8, 4) is 16.9 Å². The molecule has 5 rings (SSSR count). The van der Waals surface area contributed by atoms with E-state index in [-0.39, 0.29) is 39.7 Å². The number of fused-ring (bicyclic) bond motifs is 1. The van der Waals surface area contributed by atoms with Crippen LogP contribution in [-0.4, -0.2) is 66.6 Å². The SMILES string of the molecule is COc1cc(S(C)(=O)=O)ccc1C(C(=O)OC(OC(=O)[C@@H](N)C(C)C)C(C)C)c1nc2ccc(-c3ccc(NC(=O)[C@H](C)c4ccc(F)cc4)cc3)cn2n1. The number of anilines is 1. The van der Waals surface area contributed by atoms with Crippen molar-refractivity contribution in [1.82, 2.24) is 14.6 Å². The Morgan fingerprint density at radius 1 is 0.836 bits per heavy atom. The van der Waals surface area contributed by atoms with Crippen LogP contribution < -0.4 is 15.8 Å². The van der Waals surface area contributed by atoms with Gasteiger partial charge in [0.25, 0.3) is 0 Å². The number of aromatic nitrogens is 3. The third-order valence-electron chi connectivity index (χ3n) is 9.03. The molecule has 0 spiro atoms. The molecule has 1 amide bonds. The number of carbonyl (C=O) groups excluding carboxylic acids is 3. The van der Waals surface area contributed by atoms with Crippen LogP contribution in [0.4, 0.5) is 10.1 Å². The van der Waals surface area contributed by atoms with Crippen molar-refractivity contribution in [2.75, 3.05) is 18.7 Å². The molecule has 3 N–H and O–H groups in total. The highest BCUT2D eigenvalue weighted by molar-refractivity contribution is 7.90. The average Bonchev–Trinajstić information content (AvgIpc) is 3.57. The van der Waals surface area contributed by atoms with Crippen LogP contribution >= 0.6 is 0 Å². The van der Waals surface area contributed by atoms with Crippen LogP contribution in [0.15, 0.2) is 90.0 Å². The van der Waals surface area contributed by atoms with Gasteiger partial charge >= 0.3 is 11.9 Å². The molecular formula is C40H44FN5O8S. The number of nitrogens with zero attached hydrogens (tertiary/aromatic N) is 3. The maximum absolute atomic E-state index is 14.2. The topological polar surface area (TPSA) is 181 Å². The zero-order valence-electron chi connectivity index (χ0n) is 31.5. The molecular weight excluding hydrogens is 730 g/mol. The summed E-state index contributed by atoms with van der Waals surface area (Å²) in [5.41, 5.74) is 9.39. The zero-order valence-corrected chi connectivity index (χ0v) is 32.3. The summed E-state index contributed by atoms with van der Waals surface area (Å²) < 4.78 is 56.5. The Hall–Kier alpha value is -5.67. The largest absolute Gasteiger partial charge is 0.496 e. The molecule has 55 heavy (non-hydrogen) atoms. The monoisotopic (exact) mass is 773 g/mol. The zero-order chi connectivity index (χ0) is 40.2. The van der Waals surface area contributed by atoms with Gasteiger partial charge in [-0.05, 0) is 72.5 Å². The Balaban J connectivity index is 1.46. The number of pyridine rings is 1. The first-order valence-corrected chi connectivity index (χ1v) is 19.4. The Morgan fingerprint density at radius 2 is 1.47 bits per heavy atom. The molecule has 290 valence electrons. The summed E-state index contributed by atoms with van der Waals surface area (Å²) in [4.78, 5) is 44.4. The van der Waals surface area contributed by atoms with Crippen molar-refractivity contribution in [1.29, 1.82) is 0 Å². The minimum Gasteiger partial charge on any atom is -0.496 e. The number of hydrogen-bond acceptors (Lipinski definition) is 11. The van der Waals surface area contributed by atoms with Gasteiger partial charge in [-0.3, -0.25) is 14.4 Å². The lowest BCUT2D eigenvalue weighted by molar-refractivity contribution is -0.198. The molecule has 3 aromatic carbocycles. The summed E-state index contributed by atoms with van der Waals surface area (Å²) in [6.45, 7) is 8.69. The van der Waals surface area contributed by atoms with E-state index in [1.165, 1.54) is 42.0 Å². The Labute approximate surface area is 318 Å². The third-order valence-corrected chi connectivity index (χ3v) is 10.1. The number of ether oxygens (including phenoxy) is 3. The summed E-state index contributed by atoms with van der Waals surface area (Å²) in [6.07, 6.45) is 1.46. The fourth-order valence-electron chi connectivity index (χ4n) is 5.57. The number of methoxy groups -OCH3 is 1. The smallest absolute Gasteiger partial charge is 0.326 e. The number of amides is 1. The standard InChI is InChI=1S/C40H44FN5O8S/c1-22(2)35(42)39(49)54-40(23(3)4)53-38(48)34(31-18-17-30(55(7,50)51)20-32(31)52-6)36-44-33-19-12-27(21-46(33)45-36)26-10-15-29(16-11-26)43-37(47)24(5)25-8-13-28(41)14-9-25/h8-24,34-35,40H,42H2,1-7H3,(H,43,47)/t24-,34?,35+,40?/m1/s1. The number of nitrogens with one attached hydrogen (secondary N) is 1. The van der Waals surface area contributed by atoms with Gasteiger partial charge in [-0.15, -0.1) is 5.10 Å². The number of nitrogens with two attached hydrogens (primary N) is 1. The molecule has 13 nitrogen and oxygen atoms in total. The molecule has 2 unspecified atom stereocenters. The minimum atomic E-state index is -3.63. The second-order valence-electron chi connectivity index (χ2n) is 13.9. The van der Waals surface area contributed by atoms with Crippen LogP contribution in [0.1, 0.15) is 63.4 Å². The van der Waals surface area contributed by atoms with Gasteiger partial charge < -0.3 is 25.3 Å². The molecule has 4 atom stereocenters. The van der Waals surface area contributed by atoms with E-state index in [2.05, 4.69) is 15.4 Å². The Morgan fingerprint density at radius 3 is 2.07 bits per heavy atom. The molecule has 5 aromatic rings. The first kappa shape index (κ1) is 40.5. The van der Waals surface area contributed by atoms with E-state index in [1.807, 2.05) is 18.2 Å². The first-order chi connectivity index (χ1) is 26.0. The summed E-state index contributed by atoms with van der Waals surface area (Å²) in [5, 5.41) is 7.53. The summed E-state index contributed by atoms with van der Waals surface area (Å²) in [6, 6.07) is 19.6. The van der Waals surface area contributed by atoms with Gasteiger partial charge in [0.2, 0.25) is 12.2 Å². The fraction of sp³-hybridized carbons (Fsp3) is 0.325. The van der Waals surface area contributed by atoms with Crippen molar-refractivity contribution >= 4 is 39.0 Å². The van der Waals surface area contributed by atoms with Gasteiger partial charge in [0, 0.05) is 35.2 Å². The molecule has 0 aliphatic rings. The lowest BCUT2D eigenvalue weighted by atomic mass is 9.97. The van der Waals surface area contributed by atoms with Crippen LogP contribution in [0.3, 0.4) is 0 Å². The molecule has 0 saturated carbocycles. The third kappa shape index (κ3) is 9.53. The van der Waals surface area contributed by atoms with E-state index in [1.54, 1.807) is 71.1 Å². The Bertz CT molecular complexity index is 2290. The van der Waals surface area contributed by atoms with Crippen LogP contribution in [0, 0.1) is 17.7 Å². The minimum absolute atomic E-state index is 0.00797. The van der Waals surface area contributed by atoms with E-state index < -0.39 is 51.9 Å². The second kappa shape index (κ2) is 16.8. The number of benzene rings is 3. The quantitative estimate of drug-likeness (QED) is 0.102. The number of esters is 2. The van der Waals surface area contributed by atoms with Gasteiger partial charge in [-0.25, -0.2) is 22.3 Å². The lowest BCUT2D eigenvalue weighted by Gasteiger charge is -2.26. The van der Waals surface area contributed by atoms with Gasteiger partial charge in [-0.2, -0.15) is 0 Å². The lowest BCUT2D eigenvalue weighted by Crippen LogP contribution is -2.41. The van der Waals surface area contributed by atoms with Crippen molar-refractivity contribution < 1.29 is 41.4 Å². The van der Waals surface area contributed by atoms with Gasteiger partial charge in [0.1, 0.15) is 23.5 Å². The van der Waals surface area contributed by atoms with Gasteiger partial charge in [0.05, 0.1) is 17.9 Å². The van der Waals surface area contributed by atoms with Crippen molar-refractivity contribution in [3.63, 3.8) is 0 Å². The number of hydrogen-bond donors (Lipinski definition) is 2. The fourth-order valence-corrected chi connectivity index (χ4v) is 6.21. The number of rotatable bonds is 14. The Kier molecular flexibility index (Phi) is 12.4. The molecule has 0 aliphatic heterocycles. The van der Waals surface area contributed by atoms with Gasteiger partial charge in [-0.1, -0.05) is 58.0 Å². The summed E-state index contributed by atoms with van der Waals surface area (Å²) in [5.74, 6) is -4.69. The number of sulfone groups is 1. The highest BCUT2D eigenvalue weighted by Crippen LogP contribution is 2.35. The van der Waals surface area contributed by atoms with Gasteiger partial charge in [0.15, 0.2) is 21.3 Å². The summed E-state index contributed by atoms with van der Waals surface area (Å²) >= 11 is 0. The van der Waals surface area contributed by atoms with Crippen LogP contribution in [0.5, 0.6) is 5.75 Å². The molecule has 0 saturated heterocycles. The maximum atomic E-state index is 14.2. The van der Waals surface area contributed by atoms with Crippen LogP contribution in [0.2, 0.25) is 0 Å². The molecule has 2 aromatic heterocycles. The predicted octanol–water partition coefficient (Wildman–Crippen LogP) is 5.87. The molecule has 0 radical (unpaired) electrons. The van der Waals surface area contributed by atoms with E-state index in [4.69, 9.17) is 19.9 Å². The molecule has 15 heteroatoms. The normalized spacial score (nSPS) is 13.9. The van der Waals surface area contributed by atoms with Crippen LogP contribution in [0.25, 0.3) is 16.8 Å². The van der Waals surface area contributed by atoms with Crippen molar-refractivity contribution in [3.05, 3.63) is 108 Å². The average molecular weight is 774 g/mol. The molecule has 2 heterocycles. The molecule has 0 fully saturated rings. The predicted molar refractivity (Wildman–Crippen MR) is 203 cm³/mol. The van der Waals surface area contributed by atoms with E-state index in [9.17, 15) is 27.2 Å².